The van der Waals surface area contributed by atoms with E-state index in [0.717, 1.165) is 0 Å². The van der Waals surface area contributed by atoms with Crippen LogP contribution in [0.2, 0.25) is 0 Å². The van der Waals surface area contributed by atoms with Crippen LogP contribution in [0.1, 0.15) is 0 Å². The van der Waals surface area contributed by atoms with Crippen LogP contribution in [-0.4, -0.2) is 23.3 Å². The molecule has 1 aromatic carbocycles. The topological polar surface area (TPSA) is 51.6 Å². The van der Waals surface area contributed by atoms with Crippen LogP contribution in [0.4, 0.5) is 0 Å². The van der Waals surface area contributed by atoms with Crippen molar-refractivity contribution in [3.8, 4) is 17.4 Å². The van der Waals surface area contributed by atoms with Gasteiger partial charge in [0.15, 0.2) is 0 Å². The van der Waals surface area contributed by atoms with Gasteiger partial charge in [-0.05, 0) is 18.2 Å². The molecular formula is C13H13NO3. The summed E-state index contributed by atoms with van der Waals surface area (Å²) in [4.78, 5) is 4.02. The van der Waals surface area contributed by atoms with Gasteiger partial charge in [0.05, 0.1) is 0 Å². The number of rotatable bonds is 5. The van der Waals surface area contributed by atoms with Crippen LogP contribution in [0, 0.1) is 0 Å². The van der Waals surface area contributed by atoms with Crippen molar-refractivity contribution in [3.63, 3.8) is 0 Å². The predicted octanol–water partition coefficient (Wildman–Crippen LogP) is 2.25. The molecule has 0 spiro atoms. The van der Waals surface area contributed by atoms with Crippen molar-refractivity contribution in [3.05, 3.63) is 48.7 Å². The minimum Gasteiger partial charge on any atom is -0.508 e. The summed E-state index contributed by atoms with van der Waals surface area (Å²) in [6.07, 6.45) is 1.67. The second kappa shape index (κ2) is 5.75. The first-order valence-electron chi connectivity index (χ1n) is 5.30. The van der Waals surface area contributed by atoms with Crippen LogP contribution >= 0.6 is 0 Å². The Hall–Kier alpha value is -2.23. The minimum absolute atomic E-state index is 0.188. The molecule has 4 nitrogen and oxygen atoms in total. The number of nitrogens with zero attached hydrogens (tertiary/aromatic N) is 1. The largest absolute Gasteiger partial charge is 0.508 e. The Bertz CT molecular complexity index is 459. The summed E-state index contributed by atoms with van der Waals surface area (Å²) in [7, 11) is 0. The summed E-state index contributed by atoms with van der Waals surface area (Å²) < 4.78 is 10.8. The lowest BCUT2D eigenvalue weighted by molar-refractivity contribution is 0.211. The summed E-state index contributed by atoms with van der Waals surface area (Å²) in [6, 6.07) is 12.1. The van der Waals surface area contributed by atoms with E-state index in [9.17, 15) is 5.11 Å². The highest BCUT2D eigenvalue weighted by Crippen LogP contribution is 2.17. The van der Waals surface area contributed by atoms with Gasteiger partial charge in [0.2, 0.25) is 5.88 Å². The molecule has 0 aliphatic rings. The third-order valence-electron chi connectivity index (χ3n) is 2.06. The minimum atomic E-state index is 0.188. The van der Waals surface area contributed by atoms with Crippen LogP contribution in [0.15, 0.2) is 48.7 Å². The third-order valence-corrected chi connectivity index (χ3v) is 2.06. The van der Waals surface area contributed by atoms with E-state index in [1.807, 2.05) is 12.1 Å². The Morgan fingerprint density at radius 2 is 1.88 bits per heavy atom. The van der Waals surface area contributed by atoms with Crippen LogP contribution in [-0.2, 0) is 0 Å². The van der Waals surface area contributed by atoms with Crippen LogP contribution in [0.3, 0.4) is 0 Å². The standard InChI is InChI=1S/C13H13NO3/c15-11-4-3-5-12(10-11)16-8-9-17-13-6-1-2-7-14-13/h1-7,10,15H,8-9H2. The molecule has 88 valence electrons. The number of hydrogen-bond donors (Lipinski definition) is 1. The molecule has 0 aliphatic carbocycles. The molecule has 0 fully saturated rings. The molecule has 17 heavy (non-hydrogen) atoms. The van der Waals surface area contributed by atoms with Gasteiger partial charge in [0.25, 0.3) is 0 Å². The van der Waals surface area contributed by atoms with Gasteiger partial charge < -0.3 is 14.6 Å². The van der Waals surface area contributed by atoms with Crippen molar-refractivity contribution in [2.45, 2.75) is 0 Å². The molecule has 2 aromatic rings. The second-order valence-corrected chi connectivity index (χ2v) is 3.36. The summed E-state index contributed by atoms with van der Waals surface area (Å²) in [5, 5.41) is 9.23. The maximum Gasteiger partial charge on any atom is 0.213 e. The summed E-state index contributed by atoms with van der Waals surface area (Å²) in [5.74, 6) is 1.38. The molecule has 0 unspecified atom stereocenters. The van der Waals surface area contributed by atoms with Crippen molar-refractivity contribution >= 4 is 0 Å². The molecule has 0 bridgehead atoms. The van der Waals surface area contributed by atoms with E-state index >= 15 is 0 Å². The first kappa shape index (κ1) is 11.3. The highest BCUT2D eigenvalue weighted by Gasteiger charge is 1.96. The number of aromatic hydroxyl groups is 1. The number of ether oxygens (including phenoxy) is 2. The van der Waals surface area contributed by atoms with Crippen molar-refractivity contribution in [2.75, 3.05) is 13.2 Å². The Labute approximate surface area is 99.5 Å². The van der Waals surface area contributed by atoms with Crippen LogP contribution in [0.5, 0.6) is 17.4 Å². The number of pyridine rings is 1. The predicted molar refractivity (Wildman–Crippen MR) is 63.3 cm³/mol. The normalized spacial score (nSPS) is 9.88. The average Bonchev–Trinajstić information content (AvgIpc) is 2.36. The summed E-state index contributed by atoms with van der Waals surface area (Å²) in [5.41, 5.74) is 0. The molecule has 1 N–H and O–H groups in total. The van der Waals surface area contributed by atoms with Gasteiger partial charge in [-0.2, -0.15) is 0 Å². The van der Waals surface area contributed by atoms with E-state index in [4.69, 9.17) is 9.47 Å². The van der Waals surface area contributed by atoms with Crippen molar-refractivity contribution in [2.24, 2.45) is 0 Å². The van der Waals surface area contributed by atoms with Crippen molar-refractivity contribution < 1.29 is 14.6 Å². The summed E-state index contributed by atoms with van der Waals surface area (Å²) in [6.45, 7) is 0.812. The van der Waals surface area contributed by atoms with Crippen LogP contribution < -0.4 is 9.47 Å². The maximum absolute atomic E-state index is 9.23. The number of hydrogen-bond acceptors (Lipinski definition) is 4. The number of benzene rings is 1. The number of phenolic OH excluding ortho intramolecular Hbond substituents is 1. The molecule has 0 saturated carbocycles. The fourth-order valence-corrected chi connectivity index (χ4v) is 1.31. The fraction of sp³-hybridized carbons (Fsp3) is 0.154. The van der Waals surface area contributed by atoms with Crippen molar-refractivity contribution in [1.29, 1.82) is 0 Å². The Balaban J connectivity index is 1.73. The molecule has 0 saturated heterocycles. The molecule has 4 heteroatoms. The van der Waals surface area contributed by atoms with Gasteiger partial charge in [-0.3, -0.25) is 0 Å². The van der Waals surface area contributed by atoms with E-state index in [1.165, 1.54) is 0 Å². The highest BCUT2D eigenvalue weighted by molar-refractivity contribution is 5.31. The average molecular weight is 231 g/mol. The zero-order chi connectivity index (χ0) is 11.9. The molecule has 0 aliphatic heterocycles. The lowest BCUT2D eigenvalue weighted by Gasteiger charge is -2.07. The third kappa shape index (κ3) is 3.68. The zero-order valence-electron chi connectivity index (χ0n) is 9.24. The van der Waals surface area contributed by atoms with E-state index in [1.54, 1.807) is 36.5 Å². The fourth-order valence-electron chi connectivity index (χ4n) is 1.31. The van der Waals surface area contributed by atoms with E-state index in [0.29, 0.717) is 24.8 Å². The molecule has 1 heterocycles. The first-order valence-corrected chi connectivity index (χ1v) is 5.30. The summed E-state index contributed by atoms with van der Waals surface area (Å²) >= 11 is 0. The van der Waals surface area contributed by atoms with Gasteiger partial charge in [-0.1, -0.05) is 12.1 Å². The highest BCUT2D eigenvalue weighted by atomic mass is 16.5. The molecule has 0 radical (unpaired) electrons. The van der Waals surface area contributed by atoms with Crippen LogP contribution in [0.25, 0.3) is 0 Å². The molecule has 0 atom stereocenters. The van der Waals surface area contributed by atoms with Gasteiger partial charge >= 0.3 is 0 Å². The number of phenols is 1. The monoisotopic (exact) mass is 231 g/mol. The van der Waals surface area contributed by atoms with Gasteiger partial charge in [0, 0.05) is 18.3 Å². The Morgan fingerprint density at radius 1 is 1.00 bits per heavy atom. The van der Waals surface area contributed by atoms with Gasteiger partial charge in [-0.25, -0.2) is 4.98 Å². The Morgan fingerprint density at radius 3 is 2.65 bits per heavy atom. The lowest BCUT2D eigenvalue weighted by atomic mass is 10.3. The molecule has 1 aromatic heterocycles. The molecule has 0 amide bonds. The smallest absolute Gasteiger partial charge is 0.213 e. The maximum atomic E-state index is 9.23. The SMILES string of the molecule is Oc1cccc(OCCOc2ccccn2)c1. The quantitative estimate of drug-likeness (QED) is 0.802. The van der Waals surface area contributed by atoms with Crippen molar-refractivity contribution in [1.82, 2.24) is 4.98 Å². The Kier molecular flexibility index (Phi) is 3.81. The van der Waals surface area contributed by atoms with Gasteiger partial charge in [0.1, 0.15) is 24.7 Å². The molecular weight excluding hydrogens is 218 g/mol. The second-order valence-electron chi connectivity index (χ2n) is 3.36. The lowest BCUT2D eigenvalue weighted by Crippen LogP contribution is -2.09. The van der Waals surface area contributed by atoms with Gasteiger partial charge in [-0.15, -0.1) is 0 Å². The molecule has 2 rings (SSSR count). The van der Waals surface area contributed by atoms with E-state index in [-0.39, 0.29) is 5.75 Å². The van der Waals surface area contributed by atoms with E-state index < -0.39 is 0 Å². The van der Waals surface area contributed by atoms with E-state index in [2.05, 4.69) is 4.98 Å². The first-order chi connectivity index (χ1) is 8.34. The number of aromatic nitrogens is 1. The zero-order valence-corrected chi connectivity index (χ0v) is 9.24.